The SMILES string of the molecule is CC(=O)Nc1cc(S(=O)(=O)N(C)C2CCNC2)ccc1C.Cl. The molecule has 1 saturated heterocycles. The number of hydrogen-bond acceptors (Lipinski definition) is 4. The number of benzene rings is 1. The predicted molar refractivity (Wildman–Crippen MR) is 89.0 cm³/mol. The van der Waals surface area contributed by atoms with Gasteiger partial charge in [-0.1, -0.05) is 6.07 Å². The number of halogens is 1. The molecule has 1 fully saturated rings. The fraction of sp³-hybridized carbons (Fsp3) is 0.500. The van der Waals surface area contributed by atoms with E-state index >= 15 is 0 Å². The molecular weight excluding hydrogens is 326 g/mol. The van der Waals surface area contributed by atoms with Crippen molar-refractivity contribution in [2.75, 3.05) is 25.5 Å². The standard InChI is InChI=1S/C14H21N3O3S.ClH/c1-10-4-5-13(8-14(10)16-11(2)18)21(19,20)17(3)12-6-7-15-9-12;/h4-5,8,12,15H,6-7,9H2,1-3H3,(H,16,18);1H. The van der Waals surface area contributed by atoms with Crippen LogP contribution in [0.1, 0.15) is 18.9 Å². The summed E-state index contributed by atoms with van der Waals surface area (Å²) in [7, 11) is -1.95. The van der Waals surface area contributed by atoms with Crippen LogP contribution < -0.4 is 10.6 Å². The Bertz CT molecular complexity index is 643. The summed E-state index contributed by atoms with van der Waals surface area (Å²) >= 11 is 0. The third-order valence-corrected chi connectivity index (χ3v) is 5.65. The molecular formula is C14H22ClN3O3S. The lowest BCUT2D eigenvalue weighted by Gasteiger charge is -2.23. The van der Waals surface area contributed by atoms with Crippen LogP contribution in [0, 0.1) is 6.92 Å². The molecule has 2 N–H and O–H groups in total. The van der Waals surface area contributed by atoms with E-state index < -0.39 is 10.0 Å². The van der Waals surface area contributed by atoms with Crippen molar-refractivity contribution in [3.63, 3.8) is 0 Å². The Balaban J connectivity index is 0.00000242. The van der Waals surface area contributed by atoms with Gasteiger partial charge in [-0.25, -0.2) is 8.42 Å². The molecule has 22 heavy (non-hydrogen) atoms. The number of carbonyl (C=O) groups excluding carboxylic acids is 1. The molecule has 1 aromatic rings. The van der Waals surface area contributed by atoms with E-state index in [4.69, 9.17) is 0 Å². The molecule has 0 radical (unpaired) electrons. The Hall–Kier alpha value is -1.15. The van der Waals surface area contributed by atoms with Gasteiger partial charge in [-0.3, -0.25) is 4.79 Å². The number of anilines is 1. The lowest BCUT2D eigenvalue weighted by molar-refractivity contribution is -0.114. The molecule has 6 nitrogen and oxygen atoms in total. The van der Waals surface area contributed by atoms with Crippen molar-refractivity contribution < 1.29 is 13.2 Å². The molecule has 0 aromatic heterocycles. The van der Waals surface area contributed by atoms with Crippen molar-refractivity contribution in [3.05, 3.63) is 23.8 Å². The van der Waals surface area contributed by atoms with E-state index in [2.05, 4.69) is 10.6 Å². The summed E-state index contributed by atoms with van der Waals surface area (Å²) in [5, 5.41) is 5.82. The number of likely N-dealkylation sites (N-methyl/N-ethyl adjacent to an activating group) is 1. The van der Waals surface area contributed by atoms with Crippen LogP contribution in [0.2, 0.25) is 0 Å². The minimum atomic E-state index is -3.56. The zero-order chi connectivity index (χ0) is 15.6. The first kappa shape index (κ1) is 18.9. The molecule has 1 heterocycles. The van der Waals surface area contributed by atoms with E-state index in [0.717, 1.165) is 18.5 Å². The van der Waals surface area contributed by atoms with Crippen LogP contribution >= 0.6 is 12.4 Å². The maximum absolute atomic E-state index is 12.7. The van der Waals surface area contributed by atoms with E-state index in [1.165, 1.54) is 17.3 Å². The van der Waals surface area contributed by atoms with Crippen LogP contribution in [-0.2, 0) is 14.8 Å². The molecule has 0 spiro atoms. The van der Waals surface area contributed by atoms with Crippen LogP contribution in [0.15, 0.2) is 23.1 Å². The second-order valence-corrected chi connectivity index (χ2v) is 7.32. The Labute approximate surface area is 137 Å². The first-order chi connectivity index (χ1) is 9.82. The minimum absolute atomic E-state index is 0. The smallest absolute Gasteiger partial charge is 0.243 e. The van der Waals surface area contributed by atoms with Gasteiger partial charge in [0.1, 0.15) is 0 Å². The lowest BCUT2D eigenvalue weighted by Crippen LogP contribution is -2.38. The fourth-order valence-electron chi connectivity index (χ4n) is 2.40. The first-order valence-electron chi connectivity index (χ1n) is 6.89. The van der Waals surface area contributed by atoms with E-state index in [1.54, 1.807) is 19.2 Å². The van der Waals surface area contributed by atoms with Crippen LogP contribution in [0.3, 0.4) is 0 Å². The molecule has 1 aliphatic rings. The molecule has 124 valence electrons. The van der Waals surface area contributed by atoms with Crippen molar-refractivity contribution >= 4 is 34.0 Å². The number of hydrogen-bond donors (Lipinski definition) is 2. The summed E-state index contributed by atoms with van der Waals surface area (Å²) in [5.41, 5.74) is 1.36. The number of amides is 1. The third kappa shape index (κ3) is 3.98. The molecule has 0 saturated carbocycles. The van der Waals surface area contributed by atoms with Gasteiger partial charge >= 0.3 is 0 Å². The number of sulfonamides is 1. The largest absolute Gasteiger partial charge is 0.326 e. The lowest BCUT2D eigenvalue weighted by atomic mass is 10.2. The summed E-state index contributed by atoms with van der Waals surface area (Å²) in [6.07, 6.45) is 0.806. The highest BCUT2D eigenvalue weighted by molar-refractivity contribution is 7.89. The van der Waals surface area contributed by atoms with E-state index in [1.807, 2.05) is 6.92 Å². The van der Waals surface area contributed by atoms with Crippen molar-refractivity contribution in [3.8, 4) is 0 Å². The van der Waals surface area contributed by atoms with Crippen LogP contribution in [0.25, 0.3) is 0 Å². The fourth-order valence-corrected chi connectivity index (χ4v) is 3.81. The highest BCUT2D eigenvalue weighted by Gasteiger charge is 2.30. The van der Waals surface area contributed by atoms with Crippen molar-refractivity contribution in [1.82, 2.24) is 9.62 Å². The Morgan fingerprint density at radius 3 is 2.64 bits per heavy atom. The molecule has 1 atom stereocenters. The van der Waals surface area contributed by atoms with Gasteiger partial charge in [0.05, 0.1) is 4.90 Å². The van der Waals surface area contributed by atoms with Gasteiger partial charge in [-0.05, 0) is 37.6 Å². The van der Waals surface area contributed by atoms with Crippen molar-refractivity contribution in [2.45, 2.75) is 31.2 Å². The summed E-state index contributed by atoms with van der Waals surface area (Å²) in [6.45, 7) is 4.72. The van der Waals surface area contributed by atoms with Crippen molar-refractivity contribution in [1.29, 1.82) is 0 Å². The van der Waals surface area contributed by atoms with Crippen molar-refractivity contribution in [2.24, 2.45) is 0 Å². The normalized spacial score (nSPS) is 18.1. The molecule has 1 aliphatic heterocycles. The molecule has 1 amide bonds. The van der Waals surface area contributed by atoms with Crippen LogP contribution in [-0.4, -0.2) is 44.8 Å². The number of carbonyl (C=O) groups is 1. The number of nitrogens with one attached hydrogen (secondary N) is 2. The monoisotopic (exact) mass is 347 g/mol. The summed E-state index contributed by atoms with van der Waals surface area (Å²) < 4.78 is 26.7. The van der Waals surface area contributed by atoms with Crippen LogP contribution in [0.5, 0.6) is 0 Å². The summed E-state index contributed by atoms with van der Waals surface area (Å²) in [4.78, 5) is 11.4. The average molecular weight is 348 g/mol. The average Bonchev–Trinajstić information content (AvgIpc) is 2.93. The minimum Gasteiger partial charge on any atom is -0.326 e. The molecule has 1 aromatic carbocycles. The predicted octanol–water partition coefficient (Wildman–Crippen LogP) is 1.36. The van der Waals surface area contributed by atoms with Gasteiger partial charge in [0, 0.05) is 32.2 Å². The zero-order valence-corrected chi connectivity index (χ0v) is 14.6. The number of aryl methyl sites for hydroxylation is 1. The van der Waals surface area contributed by atoms with Crippen LogP contribution in [0.4, 0.5) is 5.69 Å². The van der Waals surface area contributed by atoms with E-state index in [-0.39, 0.29) is 29.3 Å². The Morgan fingerprint density at radius 2 is 2.09 bits per heavy atom. The summed E-state index contributed by atoms with van der Waals surface area (Å²) in [6, 6.07) is 4.78. The molecule has 0 bridgehead atoms. The highest BCUT2D eigenvalue weighted by Crippen LogP contribution is 2.24. The molecule has 0 aliphatic carbocycles. The Morgan fingerprint density at radius 1 is 1.41 bits per heavy atom. The number of nitrogens with zero attached hydrogens (tertiary/aromatic N) is 1. The molecule has 1 unspecified atom stereocenters. The second kappa shape index (κ2) is 7.41. The van der Waals surface area contributed by atoms with Gasteiger partial charge in [-0.15, -0.1) is 12.4 Å². The molecule has 8 heteroatoms. The first-order valence-corrected chi connectivity index (χ1v) is 8.33. The zero-order valence-electron chi connectivity index (χ0n) is 12.9. The molecule has 2 rings (SSSR count). The van der Waals surface area contributed by atoms with Gasteiger partial charge in [0.2, 0.25) is 15.9 Å². The maximum Gasteiger partial charge on any atom is 0.243 e. The van der Waals surface area contributed by atoms with E-state index in [0.29, 0.717) is 12.2 Å². The summed E-state index contributed by atoms with van der Waals surface area (Å²) in [5.74, 6) is -0.221. The van der Waals surface area contributed by atoms with Gasteiger partial charge in [-0.2, -0.15) is 4.31 Å². The number of rotatable bonds is 4. The highest BCUT2D eigenvalue weighted by atomic mass is 35.5. The maximum atomic E-state index is 12.7. The Kier molecular flexibility index (Phi) is 6.37. The second-order valence-electron chi connectivity index (χ2n) is 5.33. The van der Waals surface area contributed by atoms with Gasteiger partial charge < -0.3 is 10.6 Å². The third-order valence-electron chi connectivity index (χ3n) is 3.75. The van der Waals surface area contributed by atoms with Gasteiger partial charge in [0.15, 0.2) is 0 Å². The quantitative estimate of drug-likeness (QED) is 0.862. The topological polar surface area (TPSA) is 78.5 Å². The van der Waals surface area contributed by atoms with Gasteiger partial charge in [0.25, 0.3) is 0 Å². The van der Waals surface area contributed by atoms with E-state index in [9.17, 15) is 13.2 Å².